The van der Waals surface area contributed by atoms with Crippen LogP contribution in [0.15, 0.2) is 83.9 Å². The van der Waals surface area contributed by atoms with Crippen LogP contribution in [-0.2, 0) is 6.18 Å². The fourth-order valence-electron chi connectivity index (χ4n) is 4.55. The van der Waals surface area contributed by atoms with Gasteiger partial charge in [-0.1, -0.05) is 42.5 Å². The van der Waals surface area contributed by atoms with Gasteiger partial charge in [-0.05, 0) is 66.9 Å². The molecule has 0 fully saturated rings. The highest BCUT2D eigenvalue weighted by Crippen LogP contribution is 2.40. The molecule has 0 bridgehead atoms. The van der Waals surface area contributed by atoms with Crippen molar-refractivity contribution >= 4 is 28.3 Å². The van der Waals surface area contributed by atoms with Crippen molar-refractivity contribution in [1.82, 2.24) is 4.98 Å². The van der Waals surface area contributed by atoms with E-state index in [-0.39, 0.29) is 39.7 Å². The van der Waals surface area contributed by atoms with E-state index in [0.29, 0.717) is 22.1 Å². The smallest absolute Gasteiger partial charge is 0.416 e. The molecule has 1 aromatic heterocycles. The summed E-state index contributed by atoms with van der Waals surface area (Å²) in [5, 5.41) is 31.8. The number of alkyl halides is 3. The van der Waals surface area contributed by atoms with Gasteiger partial charge in [0.1, 0.15) is 11.4 Å². The lowest BCUT2D eigenvalue weighted by Gasteiger charge is -2.13. The number of aryl methyl sites for hydroxylation is 2. The summed E-state index contributed by atoms with van der Waals surface area (Å²) in [7, 11) is 0. The van der Waals surface area contributed by atoms with E-state index in [1.165, 1.54) is 18.2 Å². The molecule has 0 unspecified atom stereocenters. The number of nitrogens with zero attached hydrogens (tertiary/aromatic N) is 1. The first-order valence-corrected chi connectivity index (χ1v) is 12.2. The second-order valence-corrected chi connectivity index (χ2v) is 9.43. The molecule has 1 heterocycles. The van der Waals surface area contributed by atoms with E-state index in [4.69, 9.17) is 4.99 Å². The predicted molar refractivity (Wildman–Crippen MR) is 147 cm³/mol. The number of benzene rings is 4. The fourth-order valence-corrected chi connectivity index (χ4v) is 4.55. The lowest BCUT2D eigenvalue weighted by molar-refractivity contribution is -0.137. The van der Waals surface area contributed by atoms with Crippen LogP contribution in [0.4, 0.5) is 18.9 Å². The second kappa shape index (κ2) is 9.92. The van der Waals surface area contributed by atoms with Crippen LogP contribution in [0.3, 0.4) is 0 Å². The van der Waals surface area contributed by atoms with Gasteiger partial charge in [0.05, 0.1) is 22.4 Å². The molecular formula is C31H23F3N2O4. The Kier molecular flexibility index (Phi) is 6.59. The van der Waals surface area contributed by atoms with E-state index in [0.717, 1.165) is 23.3 Å². The minimum absolute atomic E-state index is 0.0450. The van der Waals surface area contributed by atoms with Crippen LogP contribution in [0.1, 0.15) is 38.2 Å². The van der Waals surface area contributed by atoms with Crippen LogP contribution >= 0.6 is 0 Å². The third-order valence-electron chi connectivity index (χ3n) is 6.79. The molecule has 9 heteroatoms. The van der Waals surface area contributed by atoms with E-state index in [2.05, 4.69) is 4.98 Å². The summed E-state index contributed by atoms with van der Waals surface area (Å²) in [4.78, 5) is 18.8. The molecule has 202 valence electrons. The van der Waals surface area contributed by atoms with Crippen LogP contribution in [0.2, 0.25) is 0 Å². The summed E-state index contributed by atoms with van der Waals surface area (Å²) in [6.45, 7) is 3.83. The minimum atomic E-state index is -4.57. The van der Waals surface area contributed by atoms with E-state index >= 15 is 0 Å². The van der Waals surface area contributed by atoms with Gasteiger partial charge in [0.15, 0.2) is 5.88 Å². The Bertz CT molecular complexity index is 1820. The maximum Gasteiger partial charge on any atom is 0.416 e. The number of hydrogen-bond donors (Lipinski definition) is 4. The molecule has 4 N–H and O–H groups in total. The van der Waals surface area contributed by atoms with Crippen molar-refractivity contribution in [3.8, 4) is 22.8 Å². The number of carboxylic acids is 1. The maximum atomic E-state index is 13.3. The lowest BCUT2D eigenvalue weighted by atomic mass is 9.96. The number of rotatable bonds is 5. The Morgan fingerprint density at radius 3 is 2.30 bits per heavy atom. The first-order chi connectivity index (χ1) is 18.9. The number of aliphatic imine (C=N–C) groups is 1. The highest BCUT2D eigenvalue weighted by Gasteiger charge is 2.31. The summed E-state index contributed by atoms with van der Waals surface area (Å²) in [5.41, 5.74) is 3.04. The summed E-state index contributed by atoms with van der Waals surface area (Å²) < 4.78 is 40.0. The average Bonchev–Trinajstić information content (AvgIpc) is 3.24. The molecular weight excluding hydrogens is 521 g/mol. The Morgan fingerprint density at radius 1 is 0.850 bits per heavy atom. The summed E-state index contributed by atoms with van der Waals surface area (Å²) in [6.07, 6.45) is -4.57. The van der Waals surface area contributed by atoms with Crippen molar-refractivity contribution in [3.63, 3.8) is 0 Å². The molecule has 5 aromatic rings. The molecule has 4 aromatic carbocycles. The highest BCUT2D eigenvalue weighted by atomic mass is 19.4. The van der Waals surface area contributed by atoms with Crippen LogP contribution < -0.4 is 0 Å². The number of phenols is 1. The van der Waals surface area contributed by atoms with E-state index in [9.17, 15) is 33.3 Å². The fraction of sp³-hybridized carbons (Fsp3) is 0.0968. The van der Waals surface area contributed by atoms with Gasteiger partial charge >= 0.3 is 12.1 Å². The van der Waals surface area contributed by atoms with Crippen molar-refractivity contribution in [1.29, 1.82) is 0 Å². The standard InChI is InChI=1S/C31H23F3N2O4/c1-16-9-10-19(13-17(16)2)27(26-23-12-11-21(31(32,33)34)15-25(23)36-29(26)38)35-24-8-4-7-22(28(24)37)18-5-3-6-20(14-18)30(39)40/h3-15,36-38H,1-2H3,(H,39,40). The number of carboxylic acid groups (broad SMARTS) is 1. The van der Waals surface area contributed by atoms with Gasteiger partial charge in [0.2, 0.25) is 0 Å². The molecule has 0 aliphatic carbocycles. The molecule has 0 spiro atoms. The Labute approximate surface area is 226 Å². The molecule has 0 amide bonds. The highest BCUT2D eigenvalue weighted by molar-refractivity contribution is 6.22. The zero-order valence-corrected chi connectivity index (χ0v) is 21.3. The Morgan fingerprint density at radius 2 is 1.60 bits per heavy atom. The molecule has 0 saturated heterocycles. The topological polar surface area (TPSA) is 106 Å². The van der Waals surface area contributed by atoms with Crippen molar-refractivity contribution in [2.75, 3.05) is 0 Å². The van der Waals surface area contributed by atoms with Gasteiger partial charge in [0, 0.05) is 22.0 Å². The van der Waals surface area contributed by atoms with Gasteiger partial charge < -0.3 is 20.3 Å². The van der Waals surface area contributed by atoms with Crippen LogP contribution in [-0.4, -0.2) is 32.0 Å². The number of phenolic OH excluding ortho intramolecular Hbond substituents is 1. The van der Waals surface area contributed by atoms with Gasteiger partial charge in [-0.25, -0.2) is 9.79 Å². The molecule has 0 atom stereocenters. The number of aromatic carboxylic acids is 1. The quantitative estimate of drug-likeness (QED) is 0.170. The molecule has 6 nitrogen and oxygen atoms in total. The van der Waals surface area contributed by atoms with Crippen molar-refractivity contribution in [2.45, 2.75) is 20.0 Å². The number of H-pyrrole nitrogens is 1. The number of hydrogen-bond acceptors (Lipinski definition) is 4. The van der Waals surface area contributed by atoms with E-state index in [1.54, 1.807) is 36.4 Å². The van der Waals surface area contributed by atoms with E-state index in [1.807, 2.05) is 26.0 Å². The lowest BCUT2D eigenvalue weighted by Crippen LogP contribution is -2.05. The molecule has 5 rings (SSSR count). The van der Waals surface area contributed by atoms with Crippen molar-refractivity contribution in [3.05, 3.63) is 112 Å². The number of para-hydroxylation sites is 1. The van der Waals surface area contributed by atoms with Crippen molar-refractivity contribution < 1.29 is 33.3 Å². The SMILES string of the molecule is Cc1ccc(C(=Nc2cccc(-c3cccc(C(=O)O)c3)c2O)c2c(O)[nH]c3cc(C(F)(F)F)ccc23)cc1C. The number of nitrogens with one attached hydrogen (secondary N) is 1. The van der Waals surface area contributed by atoms with Crippen LogP contribution in [0.25, 0.3) is 22.0 Å². The van der Waals surface area contributed by atoms with E-state index < -0.39 is 17.7 Å². The predicted octanol–water partition coefficient (Wildman–Crippen LogP) is 7.75. The van der Waals surface area contributed by atoms with Gasteiger partial charge in [-0.2, -0.15) is 13.2 Å². The monoisotopic (exact) mass is 544 g/mol. The zero-order valence-electron chi connectivity index (χ0n) is 21.3. The summed E-state index contributed by atoms with van der Waals surface area (Å²) >= 11 is 0. The molecule has 0 aliphatic heterocycles. The number of halogens is 3. The van der Waals surface area contributed by atoms with Gasteiger partial charge in [-0.15, -0.1) is 0 Å². The first-order valence-electron chi connectivity index (χ1n) is 12.2. The normalized spacial score (nSPS) is 12.2. The molecule has 0 radical (unpaired) electrons. The van der Waals surface area contributed by atoms with Gasteiger partial charge in [-0.3, -0.25) is 0 Å². The molecule has 40 heavy (non-hydrogen) atoms. The Hall–Kier alpha value is -5.05. The first kappa shape index (κ1) is 26.6. The molecule has 0 aliphatic rings. The van der Waals surface area contributed by atoms with Gasteiger partial charge in [0.25, 0.3) is 0 Å². The number of aromatic nitrogens is 1. The number of aromatic hydroxyl groups is 2. The third-order valence-corrected chi connectivity index (χ3v) is 6.79. The summed E-state index contributed by atoms with van der Waals surface area (Å²) in [6, 6.07) is 19.5. The minimum Gasteiger partial charge on any atom is -0.505 e. The zero-order chi connectivity index (χ0) is 28.8. The number of aromatic amines is 1. The average molecular weight is 545 g/mol. The molecule has 0 saturated carbocycles. The van der Waals surface area contributed by atoms with Crippen LogP contribution in [0, 0.1) is 13.8 Å². The second-order valence-electron chi connectivity index (χ2n) is 9.43. The third kappa shape index (κ3) is 4.89. The largest absolute Gasteiger partial charge is 0.505 e. The van der Waals surface area contributed by atoms with Crippen molar-refractivity contribution in [2.24, 2.45) is 4.99 Å². The van der Waals surface area contributed by atoms with Crippen LogP contribution in [0.5, 0.6) is 11.6 Å². The summed E-state index contributed by atoms with van der Waals surface area (Å²) in [5.74, 6) is -1.72. The number of carbonyl (C=O) groups is 1. The Balaban J connectivity index is 1.74. The maximum absolute atomic E-state index is 13.3. The number of fused-ring (bicyclic) bond motifs is 1.